The molecular formula is C20H19F2N5O2. The molecule has 1 aliphatic rings. The Morgan fingerprint density at radius 1 is 1.34 bits per heavy atom. The number of piperidine rings is 1. The lowest BCUT2D eigenvalue weighted by molar-refractivity contribution is 0.0333. The van der Waals surface area contributed by atoms with Gasteiger partial charge in [-0.1, -0.05) is 11.2 Å². The second-order valence-corrected chi connectivity index (χ2v) is 7.05. The van der Waals surface area contributed by atoms with Crippen LogP contribution < -0.4 is 5.32 Å². The van der Waals surface area contributed by atoms with Crippen molar-refractivity contribution in [2.24, 2.45) is 0 Å². The molecule has 3 heterocycles. The van der Waals surface area contributed by atoms with Gasteiger partial charge < -0.3 is 14.7 Å². The summed E-state index contributed by atoms with van der Waals surface area (Å²) in [6.45, 7) is 1.77. The summed E-state index contributed by atoms with van der Waals surface area (Å²) in [5, 5.41) is 6.44. The first-order valence-corrected chi connectivity index (χ1v) is 9.20. The van der Waals surface area contributed by atoms with Crippen molar-refractivity contribution in [3.8, 4) is 11.4 Å². The largest absolute Gasteiger partial charge is 0.335 e. The predicted molar refractivity (Wildman–Crippen MR) is 101 cm³/mol. The van der Waals surface area contributed by atoms with Crippen molar-refractivity contribution in [3.05, 3.63) is 60.0 Å². The normalized spacial score (nSPS) is 19.2. The fourth-order valence-electron chi connectivity index (χ4n) is 3.25. The highest BCUT2D eigenvalue weighted by molar-refractivity contribution is 5.89. The zero-order valence-electron chi connectivity index (χ0n) is 15.7. The quantitative estimate of drug-likeness (QED) is 0.718. The Morgan fingerprint density at radius 2 is 2.21 bits per heavy atom. The number of nitrogens with zero attached hydrogens (tertiary/aromatic N) is 4. The molecule has 3 aromatic rings. The van der Waals surface area contributed by atoms with Crippen LogP contribution in [-0.4, -0.2) is 39.1 Å². The maximum Gasteiger partial charge on any atom is 0.321 e. The molecule has 150 valence electrons. The van der Waals surface area contributed by atoms with E-state index in [1.165, 1.54) is 11.0 Å². The first-order valence-electron chi connectivity index (χ1n) is 9.20. The Balaban J connectivity index is 1.49. The number of hydrogen-bond acceptors (Lipinski definition) is 5. The van der Waals surface area contributed by atoms with Crippen LogP contribution in [0.4, 0.5) is 19.3 Å². The van der Waals surface area contributed by atoms with E-state index < -0.39 is 17.5 Å². The number of likely N-dealkylation sites (tertiary alicyclic amines) is 1. The van der Waals surface area contributed by atoms with Gasteiger partial charge in [-0.15, -0.1) is 0 Å². The van der Waals surface area contributed by atoms with E-state index in [2.05, 4.69) is 20.4 Å². The SMILES string of the molecule is Cc1ccc(NC(=O)N2CCCC(F)(c3nc(-c4cccnc4)no3)C2)cc1F. The third kappa shape index (κ3) is 3.94. The van der Waals surface area contributed by atoms with Gasteiger partial charge in [0.05, 0.1) is 6.54 Å². The van der Waals surface area contributed by atoms with E-state index >= 15 is 4.39 Å². The van der Waals surface area contributed by atoms with Crippen LogP contribution in [0.3, 0.4) is 0 Å². The number of carbonyl (C=O) groups excluding carboxylic acids is 1. The van der Waals surface area contributed by atoms with E-state index in [-0.39, 0.29) is 24.7 Å². The minimum Gasteiger partial charge on any atom is -0.335 e. The Bertz CT molecular complexity index is 1030. The van der Waals surface area contributed by atoms with E-state index in [0.29, 0.717) is 29.8 Å². The molecular weight excluding hydrogens is 380 g/mol. The van der Waals surface area contributed by atoms with Gasteiger partial charge in [0.1, 0.15) is 5.82 Å². The molecule has 1 fully saturated rings. The summed E-state index contributed by atoms with van der Waals surface area (Å²) in [6, 6.07) is 7.35. The monoisotopic (exact) mass is 399 g/mol. The van der Waals surface area contributed by atoms with Crippen LogP contribution >= 0.6 is 0 Å². The number of aromatic nitrogens is 3. The number of benzene rings is 1. The summed E-state index contributed by atoms with van der Waals surface area (Å²) < 4.78 is 34.5. The average molecular weight is 399 g/mol. The van der Waals surface area contributed by atoms with Crippen LogP contribution in [0.15, 0.2) is 47.2 Å². The molecule has 2 amide bonds. The number of anilines is 1. The lowest BCUT2D eigenvalue weighted by Crippen LogP contribution is -2.48. The number of carbonyl (C=O) groups is 1. The summed E-state index contributed by atoms with van der Waals surface area (Å²) in [6.07, 6.45) is 3.75. The number of rotatable bonds is 3. The number of hydrogen-bond donors (Lipinski definition) is 1. The Kier molecular flexibility index (Phi) is 4.96. The lowest BCUT2D eigenvalue weighted by atomic mass is 9.94. The molecule has 0 aliphatic carbocycles. The van der Waals surface area contributed by atoms with Crippen molar-refractivity contribution in [1.29, 1.82) is 0 Å². The van der Waals surface area contributed by atoms with Gasteiger partial charge in [-0.3, -0.25) is 4.98 Å². The first-order chi connectivity index (χ1) is 13.9. The highest BCUT2D eigenvalue weighted by Crippen LogP contribution is 2.35. The molecule has 0 saturated carbocycles. The van der Waals surface area contributed by atoms with Gasteiger partial charge in [-0.05, 0) is 49.6 Å². The molecule has 7 nitrogen and oxygen atoms in total. The maximum absolute atomic E-state index is 15.6. The topological polar surface area (TPSA) is 84.2 Å². The van der Waals surface area contributed by atoms with Crippen LogP contribution in [0.1, 0.15) is 24.3 Å². The first kappa shape index (κ1) is 19.0. The fraction of sp³-hybridized carbons (Fsp3) is 0.300. The second kappa shape index (κ2) is 7.57. The predicted octanol–water partition coefficient (Wildman–Crippen LogP) is 4.07. The van der Waals surface area contributed by atoms with Gasteiger partial charge in [0.25, 0.3) is 5.89 Å². The van der Waals surface area contributed by atoms with E-state index in [1.807, 2.05) is 0 Å². The third-order valence-corrected chi connectivity index (χ3v) is 4.88. The number of alkyl halides is 1. The Hall–Kier alpha value is -3.36. The maximum atomic E-state index is 15.6. The molecule has 29 heavy (non-hydrogen) atoms. The average Bonchev–Trinajstić information content (AvgIpc) is 3.23. The minimum atomic E-state index is -1.96. The van der Waals surface area contributed by atoms with Gasteiger partial charge in [0, 0.05) is 30.2 Å². The molecule has 2 aromatic heterocycles. The fourth-order valence-corrected chi connectivity index (χ4v) is 3.25. The summed E-state index contributed by atoms with van der Waals surface area (Å²) in [4.78, 5) is 22.0. The number of pyridine rings is 1. The van der Waals surface area contributed by atoms with Crippen molar-refractivity contribution in [3.63, 3.8) is 0 Å². The van der Waals surface area contributed by atoms with Crippen LogP contribution in [0.2, 0.25) is 0 Å². The third-order valence-electron chi connectivity index (χ3n) is 4.88. The molecule has 0 radical (unpaired) electrons. The highest BCUT2D eigenvalue weighted by Gasteiger charge is 2.44. The van der Waals surface area contributed by atoms with Crippen molar-refractivity contribution in [2.75, 3.05) is 18.4 Å². The number of urea groups is 1. The molecule has 0 bridgehead atoms. The zero-order valence-corrected chi connectivity index (χ0v) is 15.7. The standard InChI is InChI=1S/C20H19F2N5O2/c1-13-5-6-15(10-16(13)21)24-19(28)27-9-3-7-20(22,12-27)18-25-17(26-29-18)14-4-2-8-23-11-14/h2,4-6,8,10-11H,3,7,9,12H2,1H3,(H,24,28). The van der Waals surface area contributed by atoms with Crippen LogP contribution in [0.5, 0.6) is 0 Å². The van der Waals surface area contributed by atoms with E-state index in [9.17, 15) is 9.18 Å². The molecule has 9 heteroatoms. The Labute approximate surface area is 165 Å². The number of aryl methyl sites for hydroxylation is 1. The van der Waals surface area contributed by atoms with Crippen LogP contribution in [0.25, 0.3) is 11.4 Å². The number of amides is 2. The molecule has 1 aliphatic heterocycles. The molecule has 1 aromatic carbocycles. The minimum absolute atomic E-state index is 0.157. The van der Waals surface area contributed by atoms with Crippen molar-refractivity contribution in [1.82, 2.24) is 20.0 Å². The summed E-state index contributed by atoms with van der Waals surface area (Å²) in [5.74, 6) is -0.355. The van der Waals surface area contributed by atoms with Crippen molar-refractivity contribution < 1.29 is 18.1 Å². The van der Waals surface area contributed by atoms with E-state index in [1.54, 1.807) is 43.6 Å². The van der Waals surface area contributed by atoms with Crippen molar-refractivity contribution >= 4 is 11.7 Å². The van der Waals surface area contributed by atoms with E-state index in [4.69, 9.17) is 4.52 Å². The molecule has 1 saturated heterocycles. The summed E-state index contributed by atoms with van der Waals surface area (Å²) >= 11 is 0. The van der Waals surface area contributed by atoms with Gasteiger partial charge in [0.2, 0.25) is 11.5 Å². The van der Waals surface area contributed by atoms with Gasteiger partial charge in [-0.2, -0.15) is 4.98 Å². The highest BCUT2D eigenvalue weighted by atomic mass is 19.1. The Morgan fingerprint density at radius 3 is 2.97 bits per heavy atom. The number of nitrogens with one attached hydrogen (secondary N) is 1. The van der Waals surface area contributed by atoms with Gasteiger partial charge in [-0.25, -0.2) is 13.6 Å². The van der Waals surface area contributed by atoms with E-state index in [0.717, 1.165) is 0 Å². The van der Waals surface area contributed by atoms with Gasteiger partial charge in [0.15, 0.2) is 0 Å². The number of halogens is 2. The molecule has 1 N–H and O–H groups in total. The lowest BCUT2D eigenvalue weighted by Gasteiger charge is -2.35. The molecule has 4 rings (SSSR count). The zero-order chi connectivity index (χ0) is 20.4. The molecule has 1 atom stereocenters. The smallest absolute Gasteiger partial charge is 0.321 e. The molecule has 0 spiro atoms. The second-order valence-electron chi connectivity index (χ2n) is 7.05. The van der Waals surface area contributed by atoms with Crippen molar-refractivity contribution in [2.45, 2.75) is 25.4 Å². The summed E-state index contributed by atoms with van der Waals surface area (Å²) in [5.41, 5.74) is -0.561. The van der Waals surface area contributed by atoms with Crippen LogP contribution in [0, 0.1) is 12.7 Å². The van der Waals surface area contributed by atoms with Gasteiger partial charge >= 0.3 is 6.03 Å². The summed E-state index contributed by atoms with van der Waals surface area (Å²) in [7, 11) is 0. The molecule has 1 unspecified atom stereocenters. The van der Waals surface area contributed by atoms with Crippen LogP contribution in [-0.2, 0) is 5.67 Å².